The number of nitrogens with one attached hydrogen (secondary N) is 1. The second-order valence-electron chi connectivity index (χ2n) is 2.32. The van der Waals surface area contributed by atoms with Gasteiger partial charge in [-0.1, -0.05) is 0 Å². The average Bonchev–Trinajstić information content (AvgIpc) is 2.03. The summed E-state index contributed by atoms with van der Waals surface area (Å²) in [6.07, 6.45) is 0. The maximum absolute atomic E-state index is 12.1. The summed E-state index contributed by atoms with van der Waals surface area (Å²) in [5, 5.41) is 2.84. The number of hydrogen-bond acceptors (Lipinski definition) is 2. The van der Waals surface area contributed by atoms with Gasteiger partial charge in [0, 0.05) is 24.3 Å². The van der Waals surface area contributed by atoms with Crippen molar-refractivity contribution in [3.63, 3.8) is 0 Å². The van der Waals surface area contributed by atoms with Crippen molar-refractivity contribution in [1.82, 2.24) is 0 Å². The van der Waals surface area contributed by atoms with Crippen molar-refractivity contribution in [2.75, 3.05) is 12.4 Å². The van der Waals surface area contributed by atoms with Gasteiger partial charge in [0.2, 0.25) is 0 Å². The largest absolute Gasteiger partial charge is 0.487 e. The van der Waals surface area contributed by atoms with E-state index in [1.54, 1.807) is 19.2 Å². The Bertz CT molecular complexity index is 270. The molecule has 0 fully saturated rings. The van der Waals surface area contributed by atoms with E-state index < -0.39 is 5.57 Å². The summed E-state index contributed by atoms with van der Waals surface area (Å²) in [6, 6.07) is 6.03. The van der Waals surface area contributed by atoms with Gasteiger partial charge in [-0.3, -0.25) is 0 Å². The Hall–Kier alpha value is -1.03. The van der Waals surface area contributed by atoms with Crippen LogP contribution in [0.2, 0.25) is 0 Å². The quantitative estimate of drug-likeness (QED) is 0.770. The smallest absolute Gasteiger partial charge is 0.420 e. The molecule has 0 amide bonds. The number of alkyl halides is 3. The molecule has 72 valence electrons. The summed E-state index contributed by atoms with van der Waals surface area (Å²) in [7, 11) is 1.73. The molecule has 2 nitrogen and oxygen atoms in total. The lowest BCUT2D eigenvalue weighted by Gasteiger charge is -2.10. The van der Waals surface area contributed by atoms with Crippen molar-refractivity contribution < 1.29 is 13.5 Å². The Morgan fingerprint density at radius 3 is 2.23 bits per heavy atom. The molecule has 0 saturated carbocycles. The van der Waals surface area contributed by atoms with Gasteiger partial charge in [0.1, 0.15) is 5.75 Å². The van der Waals surface area contributed by atoms with Crippen molar-refractivity contribution >= 4 is 17.3 Å². The molecule has 0 atom stereocenters. The molecular weight excluding hydrogens is 200 g/mol. The van der Waals surface area contributed by atoms with Crippen LogP contribution in [0.5, 0.6) is 5.75 Å². The normalized spacial score (nSPS) is 11.1. The van der Waals surface area contributed by atoms with Crippen LogP contribution in [0.15, 0.2) is 24.3 Å². The van der Waals surface area contributed by atoms with Gasteiger partial charge in [0.05, 0.1) is 0 Å². The molecule has 0 bridgehead atoms. The lowest BCUT2D eigenvalue weighted by Crippen LogP contribution is -2.15. The predicted molar refractivity (Wildman–Crippen MR) is 47.4 cm³/mol. The number of rotatable bonds is 3. The molecule has 1 aromatic rings. The van der Waals surface area contributed by atoms with Gasteiger partial charge in [0.25, 0.3) is 0 Å². The first-order valence-corrected chi connectivity index (χ1v) is 3.92. The van der Waals surface area contributed by atoms with E-state index in [0.717, 1.165) is 5.69 Å². The third-order valence-electron chi connectivity index (χ3n) is 1.38. The fraction of sp³-hybridized carbons (Fsp3) is 0.250. The second-order valence-corrected chi connectivity index (χ2v) is 2.76. The Kier molecular flexibility index (Phi) is 2.93. The van der Waals surface area contributed by atoms with E-state index in [4.69, 9.17) is 0 Å². The van der Waals surface area contributed by atoms with E-state index in [1.165, 1.54) is 12.1 Å². The van der Waals surface area contributed by atoms with E-state index in [2.05, 4.69) is 21.7 Å². The van der Waals surface area contributed by atoms with Crippen molar-refractivity contribution in [3.05, 3.63) is 24.3 Å². The molecule has 0 radical (unpaired) electrons. The van der Waals surface area contributed by atoms with Crippen LogP contribution in [0, 0.1) is 0 Å². The maximum atomic E-state index is 12.1. The first-order valence-electron chi connectivity index (χ1n) is 3.55. The standard InChI is InChI=1S/C8H8ClF2NO/c1-12-6-2-4-7(5-3-6)13-8(9,10)11/h2-5,12H,1H3. The van der Waals surface area contributed by atoms with Crippen molar-refractivity contribution in [3.8, 4) is 5.75 Å². The van der Waals surface area contributed by atoms with E-state index in [-0.39, 0.29) is 5.75 Å². The van der Waals surface area contributed by atoms with Gasteiger partial charge in [-0.15, -0.1) is 8.78 Å². The highest BCUT2D eigenvalue weighted by atomic mass is 35.5. The van der Waals surface area contributed by atoms with Gasteiger partial charge < -0.3 is 10.1 Å². The van der Waals surface area contributed by atoms with Gasteiger partial charge in [-0.2, -0.15) is 0 Å². The van der Waals surface area contributed by atoms with Gasteiger partial charge >= 0.3 is 5.57 Å². The van der Waals surface area contributed by atoms with Crippen LogP contribution < -0.4 is 10.1 Å². The summed E-state index contributed by atoms with van der Waals surface area (Å²) in [6.45, 7) is 0. The number of halogens is 3. The lowest BCUT2D eigenvalue weighted by atomic mass is 10.3. The number of ether oxygens (including phenoxy) is 1. The molecule has 5 heteroatoms. The van der Waals surface area contributed by atoms with E-state index in [9.17, 15) is 8.78 Å². The Labute approximate surface area is 79.5 Å². The van der Waals surface area contributed by atoms with Crippen LogP contribution in [0.4, 0.5) is 14.5 Å². The molecule has 1 N–H and O–H groups in total. The van der Waals surface area contributed by atoms with Crippen LogP contribution in [0.3, 0.4) is 0 Å². The number of anilines is 1. The van der Waals surface area contributed by atoms with Gasteiger partial charge in [0.15, 0.2) is 0 Å². The molecule has 1 rings (SSSR count). The summed E-state index contributed by atoms with van der Waals surface area (Å²) in [5.74, 6) is 0.0269. The second kappa shape index (κ2) is 3.79. The minimum Gasteiger partial charge on any atom is -0.420 e. The first kappa shape index (κ1) is 10.1. The fourth-order valence-electron chi connectivity index (χ4n) is 0.823. The molecule has 0 aliphatic carbocycles. The zero-order chi connectivity index (χ0) is 9.90. The third kappa shape index (κ3) is 3.46. The van der Waals surface area contributed by atoms with E-state index in [1.807, 2.05) is 0 Å². The molecule has 0 heterocycles. The summed E-state index contributed by atoms with van der Waals surface area (Å²) in [4.78, 5) is 0. The molecule has 0 aliphatic rings. The van der Waals surface area contributed by atoms with Gasteiger partial charge in [-0.05, 0) is 24.3 Å². The monoisotopic (exact) mass is 207 g/mol. The average molecular weight is 208 g/mol. The molecule has 13 heavy (non-hydrogen) atoms. The van der Waals surface area contributed by atoms with Crippen LogP contribution in [-0.2, 0) is 0 Å². The van der Waals surface area contributed by atoms with Crippen molar-refractivity contribution in [1.29, 1.82) is 0 Å². The van der Waals surface area contributed by atoms with Crippen LogP contribution >= 0.6 is 11.6 Å². The van der Waals surface area contributed by atoms with E-state index >= 15 is 0 Å². The Morgan fingerprint density at radius 1 is 1.31 bits per heavy atom. The SMILES string of the molecule is CNc1ccc(OC(F)(F)Cl)cc1. The molecule has 0 spiro atoms. The number of benzene rings is 1. The van der Waals surface area contributed by atoms with E-state index in [0.29, 0.717) is 0 Å². The highest BCUT2D eigenvalue weighted by molar-refractivity contribution is 6.20. The number of hydrogen-bond donors (Lipinski definition) is 1. The van der Waals surface area contributed by atoms with Crippen LogP contribution in [0.1, 0.15) is 0 Å². The zero-order valence-corrected chi connectivity index (χ0v) is 7.61. The van der Waals surface area contributed by atoms with Crippen LogP contribution in [0.25, 0.3) is 0 Å². The first-order chi connectivity index (χ1) is 6.01. The molecular formula is C8H8ClF2NO. The van der Waals surface area contributed by atoms with Crippen LogP contribution in [-0.4, -0.2) is 12.6 Å². The molecule has 0 saturated heterocycles. The van der Waals surface area contributed by atoms with Crippen molar-refractivity contribution in [2.45, 2.75) is 5.57 Å². The highest BCUT2D eigenvalue weighted by Crippen LogP contribution is 2.25. The minimum atomic E-state index is -3.65. The molecule has 0 unspecified atom stereocenters. The predicted octanol–water partition coefficient (Wildman–Crippen LogP) is 2.90. The fourth-order valence-corrected chi connectivity index (χ4v) is 0.912. The van der Waals surface area contributed by atoms with Gasteiger partial charge in [-0.25, -0.2) is 0 Å². The third-order valence-corrected chi connectivity index (χ3v) is 1.45. The molecule has 0 aliphatic heterocycles. The topological polar surface area (TPSA) is 21.3 Å². The molecule has 1 aromatic carbocycles. The lowest BCUT2D eigenvalue weighted by molar-refractivity contribution is -0.0964. The summed E-state index contributed by atoms with van der Waals surface area (Å²) in [5.41, 5.74) is -2.84. The zero-order valence-electron chi connectivity index (χ0n) is 6.85. The summed E-state index contributed by atoms with van der Waals surface area (Å²) < 4.78 is 28.3. The minimum absolute atomic E-state index is 0.0269. The Morgan fingerprint density at radius 2 is 1.85 bits per heavy atom. The summed E-state index contributed by atoms with van der Waals surface area (Å²) >= 11 is 4.57. The Balaban J connectivity index is 2.70. The highest BCUT2D eigenvalue weighted by Gasteiger charge is 2.27. The van der Waals surface area contributed by atoms with Crippen molar-refractivity contribution in [2.24, 2.45) is 0 Å². The molecule has 0 aromatic heterocycles. The maximum Gasteiger partial charge on any atom is 0.487 e.